The highest BCUT2D eigenvalue weighted by atomic mass is 19.1. The fraction of sp³-hybridized carbons (Fsp3) is 0.385. The molecule has 3 aromatic rings. The van der Waals surface area contributed by atoms with E-state index in [-0.39, 0.29) is 17.3 Å². The van der Waals surface area contributed by atoms with Gasteiger partial charge in [-0.1, -0.05) is 39.0 Å². The number of rotatable bonds is 10. The first-order chi connectivity index (χ1) is 15.9. The molecule has 1 aromatic carbocycles. The Hall–Kier alpha value is -3.19. The van der Waals surface area contributed by atoms with Gasteiger partial charge in [0.25, 0.3) is 5.91 Å². The van der Waals surface area contributed by atoms with Gasteiger partial charge in [0.05, 0.1) is 11.8 Å². The van der Waals surface area contributed by atoms with E-state index < -0.39 is 5.82 Å². The van der Waals surface area contributed by atoms with E-state index in [2.05, 4.69) is 24.1 Å². The molecule has 2 N–H and O–H groups in total. The zero-order valence-electron chi connectivity index (χ0n) is 19.8. The van der Waals surface area contributed by atoms with Crippen LogP contribution >= 0.6 is 0 Å². The average molecular weight is 457 g/mol. The lowest BCUT2D eigenvalue weighted by Gasteiger charge is -2.04. The molecule has 1 amide bonds. The Morgan fingerprint density at radius 1 is 1.06 bits per heavy atom. The third kappa shape index (κ3) is 7.15. The third-order valence-corrected chi connectivity index (χ3v) is 4.79. The van der Waals surface area contributed by atoms with Crippen molar-refractivity contribution in [1.29, 1.82) is 0 Å². The number of carbonyl (C=O) groups excluding carboxylic acids is 2. The van der Waals surface area contributed by atoms with Crippen LogP contribution in [0.3, 0.4) is 0 Å². The zero-order valence-corrected chi connectivity index (χ0v) is 19.8. The first kappa shape index (κ1) is 26.1. The van der Waals surface area contributed by atoms with Crippen LogP contribution in [-0.2, 0) is 4.74 Å². The molecule has 0 bridgehead atoms. The number of aromatic nitrogens is 1. The smallest absolute Gasteiger partial charge is 0.267 e. The summed E-state index contributed by atoms with van der Waals surface area (Å²) in [6.45, 7) is 10.3. The lowest BCUT2D eigenvalue weighted by atomic mass is 9.97. The molecule has 6 nitrogen and oxygen atoms in total. The molecule has 2 heterocycles. The summed E-state index contributed by atoms with van der Waals surface area (Å²) in [5, 5.41) is 2.74. The van der Waals surface area contributed by atoms with Crippen LogP contribution in [-0.4, -0.2) is 36.4 Å². The van der Waals surface area contributed by atoms with Gasteiger partial charge in [-0.3, -0.25) is 9.59 Å². The molecule has 2 aromatic heterocycles. The van der Waals surface area contributed by atoms with Gasteiger partial charge in [0.1, 0.15) is 17.3 Å². The standard InChI is InChI=1S/C20H19FN2O3.C6H14O/c1-3-8-22-20(25)17-9-13(10-23-17)19(24)18-12(2)26-11-15(18)14-6-4-5-7-16(14)21;1-3-5-7-6-4-2/h4-7,9-11,23H,3,8H2,1-2H3,(H,22,25);3-6H2,1-2H3. The zero-order chi connectivity index (χ0) is 24.2. The molecule has 0 spiro atoms. The summed E-state index contributed by atoms with van der Waals surface area (Å²) >= 11 is 0. The van der Waals surface area contributed by atoms with Crippen molar-refractivity contribution in [3.63, 3.8) is 0 Å². The quantitative estimate of drug-likeness (QED) is 0.293. The van der Waals surface area contributed by atoms with E-state index in [1.165, 1.54) is 24.6 Å². The monoisotopic (exact) mass is 456 g/mol. The normalized spacial score (nSPS) is 10.5. The van der Waals surface area contributed by atoms with Crippen molar-refractivity contribution in [1.82, 2.24) is 10.3 Å². The van der Waals surface area contributed by atoms with Crippen LogP contribution in [0.15, 0.2) is 47.2 Å². The highest BCUT2D eigenvalue weighted by molar-refractivity contribution is 6.14. The summed E-state index contributed by atoms with van der Waals surface area (Å²) < 4.78 is 24.7. The summed E-state index contributed by atoms with van der Waals surface area (Å²) in [6.07, 6.45) is 5.95. The van der Waals surface area contributed by atoms with Crippen LogP contribution in [0.1, 0.15) is 72.2 Å². The number of ketones is 1. The minimum absolute atomic E-state index is 0.274. The summed E-state index contributed by atoms with van der Waals surface area (Å²) in [5.41, 5.74) is 1.59. The van der Waals surface area contributed by atoms with E-state index in [0.717, 1.165) is 32.5 Å². The summed E-state index contributed by atoms with van der Waals surface area (Å²) in [7, 11) is 0. The van der Waals surface area contributed by atoms with Gasteiger partial charge in [-0.15, -0.1) is 0 Å². The Morgan fingerprint density at radius 3 is 2.39 bits per heavy atom. The molecular formula is C26H33FN2O4. The molecule has 0 aliphatic rings. The van der Waals surface area contributed by atoms with Gasteiger partial charge in [0, 0.05) is 42.6 Å². The van der Waals surface area contributed by atoms with Crippen LogP contribution in [0.4, 0.5) is 4.39 Å². The maximum atomic E-state index is 14.1. The van der Waals surface area contributed by atoms with Gasteiger partial charge in [-0.05, 0) is 38.3 Å². The number of aryl methyl sites for hydroxylation is 1. The van der Waals surface area contributed by atoms with Crippen molar-refractivity contribution in [3.05, 3.63) is 71.2 Å². The number of hydrogen-bond acceptors (Lipinski definition) is 4. The first-order valence-corrected chi connectivity index (χ1v) is 11.4. The summed E-state index contributed by atoms with van der Waals surface area (Å²) in [6, 6.07) is 7.70. The number of hydrogen-bond donors (Lipinski definition) is 2. The molecule has 0 aliphatic carbocycles. The molecule has 0 radical (unpaired) electrons. The SMILES string of the molecule is CCCNC(=O)c1cc(C(=O)c2c(-c3ccccc3F)coc2C)c[nH]1.CCCOCCC. The van der Waals surface area contributed by atoms with E-state index in [4.69, 9.17) is 9.15 Å². The molecule has 0 unspecified atom stereocenters. The van der Waals surface area contributed by atoms with Crippen LogP contribution in [0, 0.1) is 12.7 Å². The highest BCUT2D eigenvalue weighted by Crippen LogP contribution is 2.31. The van der Waals surface area contributed by atoms with E-state index in [0.29, 0.717) is 34.7 Å². The Kier molecular flexibility index (Phi) is 10.6. The van der Waals surface area contributed by atoms with Crippen molar-refractivity contribution < 1.29 is 23.1 Å². The Labute approximate surface area is 194 Å². The molecule has 0 saturated heterocycles. The van der Waals surface area contributed by atoms with Gasteiger partial charge >= 0.3 is 0 Å². The second-order valence-corrected chi connectivity index (χ2v) is 7.56. The largest absolute Gasteiger partial charge is 0.468 e. The number of nitrogens with one attached hydrogen (secondary N) is 2. The highest BCUT2D eigenvalue weighted by Gasteiger charge is 2.24. The van der Waals surface area contributed by atoms with Crippen LogP contribution in [0.5, 0.6) is 0 Å². The van der Waals surface area contributed by atoms with Crippen molar-refractivity contribution >= 4 is 11.7 Å². The van der Waals surface area contributed by atoms with Crippen LogP contribution < -0.4 is 5.32 Å². The van der Waals surface area contributed by atoms with Crippen molar-refractivity contribution in [2.45, 2.75) is 47.0 Å². The van der Waals surface area contributed by atoms with Gasteiger partial charge in [0.15, 0.2) is 5.78 Å². The fourth-order valence-electron chi connectivity index (χ4n) is 3.14. The van der Waals surface area contributed by atoms with Gasteiger partial charge in [-0.25, -0.2) is 4.39 Å². The van der Waals surface area contributed by atoms with Crippen LogP contribution in [0.2, 0.25) is 0 Å². The summed E-state index contributed by atoms with van der Waals surface area (Å²) in [5.74, 6) is -0.646. The molecule has 7 heteroatoms. The number of furan rings is 1. The van der Waals surface area contributed by atoms with Gasteiger partial charge in [0.2, 0.25) is 0 Å². The van der Waals surface area contributed by atoms with E-state index in [1.54, 1.807) is 25.1 Å². The summed E-state index contributed by atoms with van der Waals surface area (Å²) in [4.78, 5) is 27.8. The molecule has 0 aliphatic heterocycles. The molecule has 0 atom stereocenters. The second kappa shape index (κ2) is 13.4. The number of amides is 1. The van der Waals surface area contributed by atoms with E-state index in [9.17, 15) is 14.0 Å². The number of aromatic amines is 1. The number of ether oxygens (including phenoxy) is 1. The van der Waals surface area contributed by atoms with Gasteiger partial charge in [-0.2, -0.15) is 0 Å². The Morgan fingerprint density at radius 2 is 1.76 bits per heavy atom. The predicted octanol–water partition coefficient (Wildman–Crippen LogP) is 5.92. The van der Waals surface area contributed by atoms with E-state index in [1.807, 2.05) is 6.92 Å². The van der Waals surface area contributed by atoms with Crippen molar-refractivity contribution in [3.8, 4) is 11.1 Å². The maximum Gasteiger partial charge on any atom is 0.267 e. The van der Waals surface area contributed by atoms with E-state index >= 15 is 0 Å². The minimum Gasteiger partial charge on any atom is -0.468 e. The number of carbonyl (C=O) groups is 2. The third-order valence-electron chi connectivity index (χ3n) is 4.79. The Balaban J connectivity index is 0.000000479. The molecule has 3 rings (SSSR count). The van der Waals surface area contributed by atoms with Crippen molar-refractivity contribution in [2.24, 2.45) is 0 Å². The fourth-order valence-corrected chi connectivity index (χ4v) is 3.14. The predicted molar refractivity (Wildman–Crippen MR) is 127 cm³/mol. The maximum absolute atomic E-state index is 14.1. The Bertz CT molecular complexity index is 1030. The average Bonchev–Trinajstić information content (AvgIpc) is 3.46. The molecule has 178 valence electrons. The molecule has 0 fully saturated rings. The molecule has 0 saturated carbocycles. The topological polar surface area (TPSA) is 84.3 Å². The number of benzene rings is 1. The van der Waals surface area contributed by atoms with Crippen molar-refractivity contribution in [2.75, 3.05) is 19.8 Å². The number of halogens is 1. The molecular weight excluding hydrogens is 423 g/mol. The first-order valence-electron chi connectivity index (χ1n) is 11.4. The van der Waals surface area contributed by atoms with Crippen LogP contribution in [0.25, 0.3) is 11.1 Å². The van der Waals surface area contributed by atoms with Gasteiger partial charge < -0.3 is 19.5 Å². The minimum atomic E-state index is -0.434. The number of H-pyrrole nitrogens is 1. The lowest BCUT2D eigenvalue weighted by Crippen LogP contribution is -2.24. The molecule has 33 heavy (non-hydrogen) atoms. The lowest BCUT2D eigenvalue weighted by molar-refractivity contribution is 0.0949. The second-order valence-electron chi connectivity index (χ2n) is 7.56.